The fraction of sp³-hybridized carbons (Fsp3) is 0.360. The van der Waals surface area contributed by atoms with Gasteiger partial charge in [0.25, 0.3) is 23.6 Å². The van der Waals surface area contributed by atoms with Gasteiger partial charge >= 0.3 is 0 Å². The van der Waals surface area contributed by atoms with Crippen LogP contribution in [0.2, 0.25) is 0 Å². The summed E-state index contributed by atoms with van der Waals surface area (Å²) in [5, 5.41) is 0. The van der Waals surface area contributed by atoms with E-state index >= 15 is 0 Å². The number of nitrogens with zero attached hydrogens (tertiary/aromatic N) is 3. The zero-order valence-corrected chi connectivity index (χ0v) is 18.8. The van der Waals surface area contributed by atoms with Gasteiger partial charge in [-0.25, -0.2) is 0 Å². The molecule has 7 heteroatoms. The van der Waals surface area contributed by atoms with Crippen LogP contribution in [0.15, 0.2) is 42.5 Å². The van der Waals surface area contributed by atoms with E-state index in [4.69, 9.17) is 0 Å². The Bertz CT molecular complexity index is 1110. The summed E-state index contributed by atoms with van der Waals surface area (Å²) in [7, 11) is 0. The first kappa shape index (κ1) is 21.7. The van der Waals surface area contributed by atoms with Gasteiger partial charge in [0, 0.05) is 42.8 Å². The van der Waals surface area contributed by atoms with Crippen LogP contribution in [0.3, 0.4) is 0 Å². The Balaban J connectivity index is 1.45. The molecule has 0 atom stereocenters. The number of fused-ring (bicyclic) bond motifs is 1. The standard InChI is InChI=1S/C25H27N3O4/c1-16-5-7-17(8-6-16)21(29)26-11-13-27(14-12-26)22(30)18-9-10-19-20(15-18)24(32)28(23(19)31)25(2,3)4/h5-10,15H,11-14H2,1-4H3. The van der Waals surface area contributed by atoms with Crippen LogP contribution in [0.5, 0.6) is 0 Å². The average Bonchev–Trinajstić information content (AvgIpc) is 3.03. The SMILES string of the molecule is Cc1ccc(C(=O)N2CCN(C(=O)c3ccc4c(c3)C(=O)N(C(C)(C)C)C4=O)CC2)cc1. The summed E-state index contributed by atoms with van der Waals surface area (Å²) >= 11 is 0. The second-order valence-corrected chi connectivity index (χ2v) is 9.33. The van der Waals surface area contributed by atoms with E-state index in [0.717, 1.165) is 5.56 Å². The van der Waals surface area contributed by atoms with Crippen molar-refractivity contribution in [2.75, 3.05) is 26.2 Å². The van der Waals surface area contributed by atoms with Gasteiger partial charge in [0.05, 0.1) is 11.1 Å². The Morgan fingerprint density at radius 1 is 0.719 bits per heavy atom. The fourth-order valence-electron chi connectivity index (χ4n) is 4.16. The lowest BCUT2D eigenvalue weighted by Gasteiger charge is -2.35. The van der Waals surface area contributed by atoms with Crippen LogP contribution in [0.25, 0.3) is 0 Å². The van der Waals surface area contributed by atoms with E-state index in [1.54, 1.807) is 42.7 Å². The van der Waals surface area contributed by atoms with Crippen LogP contribution in [0, 0.1) is 6.92 Å². The van der Waals surface area contributed by atoms with Crippen LogP contribution >= 0.6 is 0 Å². The molecule has 2 aromatic carbocycles. The third-order valence-corrected chi connectivity index (χ3v) is 5.96. The van der Waals surface area contributed by atoms with E-state index in [1.807, 2.05) is 31.2 Å². The van der Waals surface area contributed by atoms with Gasteiger partial charge in [-0.1, -0.05) is 17.7 Å². The first-order chi connectivity index (χ1) is 15.1. The molecular formula is C25H27N3O4. The van der Waals surface area contributed by atoms with Crippen molar-refractivity contribution in [3.8, 4) is 0 Å². The monoisotopic (exact) mass is 433 g/mol. The summed E-state index contributed by atoms with van der Waals surface area (Å²) < 4.78 is 0. The van der Waals surface area contributed by atoms with E-state index < -0.39 is 5.54 Å². The van der Waals surface area contributed by atoms with Crippen molar-refractivity contribution in [3.63, 3.8) is 0 Å². The van der Waals surface area contributed by atoms with Gasteiger partial charge in [-0.2, -0.15) is 0 Å². The molecule has 2 aliphatic heterocycles. The summed E-state index contributed by atoms with van der Waals surface area (Å²) in [6.07, 6.45) is 0. The van der Waals surface area contributed by atoms with E-state index in [0.29, 0.717) is 42.9 Å². The van der Waals surface area contributed by atoms with Gasteiger partial charge in [-0.15, -0.1) is 0 Å². The second kappa shape index (κ2) is 7.89. The maximum absolute atomic E-state index is 13.1. The smallest absolute Gasteiger partial charge is 0.262 e. The molecule has 0 unspecified atom stereocenters. The zero-order chi connectivity index (χ0) is 23.2. The van der Waals surface area contributed by atoms with Gasteiger partial charge in [-0.3, -0.25) is 24.1 Å². The highest BCUT2D eigenvalue weighted by Gasteiger charge is 2.42. The molecular weight excluding hydrogens is 406 g/mol. The Morgan fingerprint density at radius 3 is 1.72 bits per heavy atom. The summed E-state index contributed by atoms with van der Waals surface area (Å²) in [5.41, 5.74) is 2.06. The topological polar surface area (TPSA) is 78.0 Å². The number of amides is 4. The van der Waals surface area contributed by atoms with Gasteiger partial charge in [0.15, 0.2) is 0 Å². The number of hydrogen-bond donors (Lipinski definition) is 0. The van der Waals surface area contributed by atoms with E-state index in [1.165, 1.54) is 11.0 Å². The van der Waals surface area contributed by atoms with Crippen LogP contribution < -0.4 is 0 Å². The lowest BCUT2D eigenvalue weighted by molar-refractivity contribution is 0.0507. The van der Waals surface area contributed by atoms with Crippen LogP contribution in [0.1, 0.15) is 67.8 Å². The zero-order valence-electron chi connectivity index (χ0n) is 18.8. The van der Waals surface area contributed by atoms with Crippen molar-refractivity contribution in [1.29, 1.82) is 0 Å². The molecule has 1 fully saturated rings. The number of rotatable bonds is 2. The maximum atomic E-state index is 13.1. The van der Waals surface area contributed by atoms with E-state index in [2.05, 4.69) is 0 Å². The van der Waals surface area contributed by atoms with Crippen LogP contribution in [-0.2, 0) is 0 Å². The molecule has 7 nitrogen and oxygen atoms in total. The molecule has 4 amide bonds. The third kappa shape index (κ3) is 3.79. The van der Waals surface area contributed by atoms with Crippen molar-refractivity contribution in [2.45, 2.75) is 33.2 Å². The first-order valence-electron chi connectivity index (χ1n) is 10.8. The molecule has 0 aromatic heterocycles. The van der Waals surface area contributed by atoms with Crippen LogP contribution in [0.4, 0.5) is 0 Å². The number of aryl methyl sites for hydroxylation is 1. The van der Waals surface area contributed by atoms with Crippen LogP contribution in [-0.4, -0.2) is 70.0 Å². The molecule has 0 spiro atoms. The Hall–Kier alpha value is -3.48. The molecule has 2 aliphatic rings. The molecule has 1 saturated heterocycles. The Morgan fingerprint density at radius 2 is 1.19 bits per heavy atom. The fourth-order valence-corrected chi connectivity index (χ4v) is 4.16. The summed E-state index contributed by atoms with van der Waals surface area (Å²) in [5.74, 6) is -0.953. The number of carbonyl (C=O) groups excluding carboxylic acids is 4. The third-order valence-electron chi connectivity index (χ3n) is 5.96. The predicted octanol–water partition coefficient (Wildman–Crippen LogP) is 2.99. The molecule has 0 radical (unpaired) electrons. The number of benzene rings is 2. The van der Waals surface area contributed by atoms with Gasteiger partial charge in [0.1, 0.15) is 0 Å². The molecule has 0 N–H and O–H groups in total. The van der Waals surface area contributed by atoms with E-state index in [9.17, 15) is 19.2 Å². The number of hydrogen-bond acceptors (Lipinski definition) is 4. The molecule has 0 bridgehead atoms. The Kier molecular flexibility index (Phi) is 5.36. The van der Waals surface area contributed by atoms with Gasteiger partial charge in [0.2, 0.25) is 0 Å². The average molecular weight is 434 g/mol. The largest absolute Gasteiger partial charge is 0.335 e. The second-order valence-electron chi connectivity index (χ2n) is 9.33. The minimum absolute atomic E-state index is 0.0407. The Labute approximate surface area is 187 Å². The van der Waals surface area contributed by atoms with E-state index in [-0.39, 0.29) is 29.2 Å². The number of imide groups is 1. The molecule has 2 aromatic rings. The normalized spacial score (nSPS) is 16.4. The molecule has 0 aliphatic carbocycles. The lowest BCUT2D eigenvalue weighted by Crippen LogP contribution is -2.50. The highest BCUT2D eigenvalue weighted by molar-refractivity contribution is 6.22. The highest BCUT2D eigenvalue weighted by atomic mass is 16.2. The summed E-state index contributed by atoms with van der Waals surface area (Å²) in [6.45, 7) is 9.09. The molecule has 32 heavy (non-hydrogen) atoms. The number of piperazine rings is 1. The first-order valence-corrected chi connectivity index (χ1v) is 10.8. The molecule has 4 rings (SSSR count). The lowest BCUT2D eigenvalue weighted by atomic mass is 10.0. The van der Waals surface area contributed by atoms with Crippen molar-refractivity contribution < 1.29 is 19.2 Å². The van der Waals surface area contributed by atoms with Crippen molar-refractivity contribution in [1.82, 2.24) is 14.7 Å². The summed E-state index contributed by atoms with van der Waals surface area (Å²) in [4.78, 5) is 55.9. The molecule has 0 saturated carbocycles. The maximum Gasteiger partial charge on any atom is 0.262 e. The minimum Gasteiger partial charge on any atom is -0.335 e. The summed E-state index contributed by atoms with van der Waals surface area (Å²) in [6, 6.07) is 12.1. The van der Waals surface area contributed by atoms with Crippen molar-refractivity contribution in [2.24, 2.45) is 0 Å². The van der Waals surface area contributed by atoms with Gasteiger partial charge < -0.3 is 9.80 Å². The highest BCUT2D eigenvalue weighted by Crippen LogP contribution is 2.30. The molecule has 166 valence electrons. The predicted molar refractivity (Wildman–Crippen MR) is 120 cm³/mol. The van der Waals surface area contributed by atoms with Crippen molar-refractivity contribution >= 4 is 23.6 Å². The van der Waals surface area contributed by atoms with Crippen molar-refractivity contribution in [3.05, 3.63) is 70.3 Å². The van der Waals surface area contributed by atoms with Gasteiger partial charge in [-0.05, 0) is 58.0 Å². The molecule has 2 heterocycles. The number of carbonyl (C=O) groups is 4. The quantitative estimate of drug-likeness (QED) is 0.682. The minimum atomic E-state index is -0.641.